The lowest BCUT2D eigenvalue weighted by Gasteiger charge is -2.22. The molecule has 0 saturated heterocycles. The van der Waals surface area contributed by atoms with Crippen LogP contribution in [0, 0.1) is 0 Å². The predicted octanol–water partition coefficient (Wildman–Crippen LogP) is 1.86. The smallest absolute Gasteiger partial charge is 0.337 e. The van der Waals surface area contributed by atoms with Crippen molar-refractivity contribution in [2.45, 2.75) is 33.1 Å². The third-order valence-corrected chi connectivity index (χ3v) is 4.48. The topological polar surface area (TPSA) is 95.9 Å². The molecule has 0 fully saturated rings. The lowest BCUT2D eigenvalue weighted by molar-refractivity contribution is -0.136. The summed E-state index contributed by atoms with van der Waals surface area (Å²) < 4.78 is 4.79. The number of carbonyl (C=O) groups is 3. The second-order valence-electron chi connectivity index (χ2n) is 7.49. The normalized spacial score (nSPS) is 14.6. The molecule has 27 heavy (non-hydrogen) atoms. The fourth-order valence-corrected chi connectivity index (χ4v) is 2.90. The van der Waals surface area contributed by atoms with E-state index in [2.05, 4.69) is 5.32 Å². The Morgan fingerprint density at radius 3 is 2.48 bits per heavy atom. The molecule has 1 heterocycles. The molecule has 0 aromatic heterocycles. The Kier molecular flexibility index (Phi) is 6.05. The van der Waals surface area contributed by atoms with Gasteiger partial charge in [-0.25, -0.2) is 4.79 Å². The number of amides is 1. The van der Waals surface area contributed by atoms with Gasteiger partial charge in [-0.05, 0) is 30.0 Å². The molecule has 7 nitrogen and oxygen atoms in total. The second-order valence-corrected chi connectivity index (χ2v) is 7.49. The Morgan fingerprint density at radius 2 is 1.96 bits per heavy atom. The predicted molar refractivity (Wildman–Crippen MR) is 101 cm³/mol. The third kappa shape index (κ3) is 4.36. The summed E-state index contributed by atoms with van der Waals surface area (Å²) in [6.45, 7) is 7.51. The summed E-state index contributed by atoms with van der Waals surface area (Å²) >= 11 is 0. The molecule has 1 amide bonds. The van der Waals surface area contributed by atoms with Crippen LogP contribution in [-0.2, 0) is 19.7 Å². The molecule has 7 heteroatoms. The van der Waals surface area contributed by atoms with Gasteiger partial charge < -0.3 is 20.1 Å². The van der Waals surface area contributed by atoms with E-state index in [4.69, 9.17) is 9.84 Å². The van der Waals surface area contributed by atoms with Crippen LogP contribution in [0.1, 0.15) is 43.6 Å². The van der Waals surface area contributed by atoms with E-state index < -0.39 is 11.9 Å². The number of methoxy groups -OCH3 is 1. The van der Waals surface area contributed by atoms with Gasteiger partial charge in [-0.2, -0.15) is 0 Å². The average Bonchev–Trinajstić information content (AvgIpc) is 2.90. The van der Waals surface area contributed by atoms with E-state index in [0.29, 0.717) is 11.3 Å². The van der Waals surface area contributed by atoms with Crippen LogP contribution in [-0.4, -0.2) is 54.5 Å². The number of nitrogens with zero attached hydrogens (tertiary/aromatic N) is 1. The molecule has 0 unspecified atom stereocenters. The number of aliphatic hydroxyl groups excluding tert-OH is 1. The zero-order valence-corrected chi connectivity index (χ0v) is 16.4. The highest BCUT2D eigenvalue weighted by Crippen LogP contribution is 2.30. The van der Waals surface area contributed by atoms with Crippen molar-refractivity contribution in [3.63, 3.8) is 0 Å². The van der Waals surface area contributed by atoms with Crippen molar-refractivity contribution in [3.8, 4) is 0 Å². The number of ether oxygens (including phenoxy) is 1. The largest absolute Gasteiger partial charge is 0.466 e. The number of hydrogen-bond donors (Lipinski definition) is 2. The maximum atomic E-state index is 12.7. The van der Waals surface area contributed by atoms with Crippen LogP contribution in [0.15, 0.2) is 29.5 Å². The molecule has 1 aliphatic heterocycles. The molecule has 146 valence electrons. The molecule has 1 aliphatic rings. The molecule has 0 bridgehead atoms. The molecule has 1 aromatic carbocycles. The fraction of sp³-hybridized carbons (Fsp3) is 0.450. The highest BCUT2D eigenvalue weighted by Gasteiger charge is 2.35. The maximum Gasteiger partial charge on any atom is 0.337 e. The first kappa shape index (κ1) is 20.6. The number of rotatable bonds is 6. The number of nitrogens with one attached hydrogen (secondary N) is 1. The van der Waals surface area contributed by atoms with Gasteiger partial charge in [0, 0.05) is 17.8 Å². The SMILES string of the molecule is COC(=O)C1=C(Nc2cc(C(C)(C)C)ccc2C(C)=O)C(=O)N(CCO)C1. The number of aliphatic hydroxyl groups is 1. The van der Waals surface area contributed by atoms with Crippen molar-refractivity contribution in [1.29, 1.82) is 0 Å². The molecule has 0 aliphatic carbocycles. The van der Waals surface area contributed by atoms with E-state index in [-0.39, 0.29) is 42.2 Å². The molecular weight excluding hydrogens is 348 g/mol. The first-order chi connectivity index (χ1) is 12.6. The van der Waals surface area contributed by atoms with Gasteiger partial charge in [-0.3, -0.25) is 9.59 Å². The Bertz CT molecular complexity index is 805. The van der Waals surface area contributed by atoms with E-state index in [1.807, 2.05) is 32.9 Å². The summed E-state index contributed by atoms with van der Waals surface area (Å²) in [7, 11) is 1.24. The maximum absolute atomic E-state index is 12.7. The number of carbonyl (C=O) groups excluding carboxylic acids is 3. The van der Waals surface area contributed by atoms with Crippen LogP contribution in [0.5, 0.6) is 0 Å². The van der Waals surface area contributed by atoms with Crippen molar-refractivity contribution < 1.29 is 24.2 Å². The van der Waals surface area contributed by atoms with E-state index in [0.717, 1.165) is 5.56 Å². The van der Waals surface area contributed by atoms with Crippen molar-refractivity contribution in [3.05, 3.63) is 40.6 Å². The van der Waals surface area contributed by atoms with Crippen molar-refractivity contribution in [2.24, 2.45) is 0 Å². The molecule has 0 spiro atoms. The minimum absolute atomic E-state index is 0.0444. The lowest BCUT2D eigenvalue weighted by atomic mass is 9.86. The zero-order chi connectivity index (χ0) is 20.4. The summed E-state index contributed by atoms with van der Waals surface area (Å²) in [5.41, 5.74) is 1.95. The van der Waals surface area contributed by atoms with Gasteiger partial charge >= 0.3 is 5.97 Å². The number of ketones is 1. The number of anilines is 1. The van der Waals surface area contributed by atoms with Crippen LogP contribution in [0.4, 0.5) is 5.69 Å². The summed E-state index contributed by atoms with van der Waals surface area (Å²) in [5, 5.41) is 12.1. The molecule has 0 atom stereocenters. The molecule has 1 aromatic rings. The number of esters is 1. The molecule has 0 radical (unpaired) electrons. The van der Waals surface area contributed by atoms with Crippen LogP contribution in [0.2, 0.25) is 0 Å². The summed E-state index contributed by atoms with van der Waals surface area (Å²) in [6.07, 6.45) is 0. The van der Waals surface area contributed by atoms with Gasteiger partial charge in [0.2, 0.25) is 0 Å². The quantitative estimate of drug-likeness (QED) is 0.583. The van der Waals surface area contributed by atoms with Crippen molar-refractivity contribution in [2.75, 3.05) is 32.1 Å². The minimum Gasteiger partial charge on any atom is -0.466 e. The van der Waals surface area contributed by atoms with Crippen molar-refractivity contribution >= 4 is 23.3 Å². The van der Waals surface area contributed by atoms with E-state index in [9.17, 15) is 14.4 Å². The van der Waals surface area contributed by atoms with Gasteiger partial charge in [0.1, 0.15) is 5.70 Å². The van der Waals surface area contributed by atoms with Crippen LogP contribution in [0.25, 0.3) is 0 Å². The molecule has 2 rings (SSSR count). The zero-order valence-electron chi connectivity index (χ0n) is 16.4. The second kappa shape index (κ2) is 7.92. The van der Waals surface area contributed by atoms with E-state index in [1.165, 1.54) is 18.9 Å². The first-order valence-electron chi connectivity index (χ1n) is 8.74. The fourth-order valence-electron chi connectivity index (χ4n) is 2.90. The first-order valence-corrected chi connectivity index (χ1v) is 8.74. The Labute approximate surface area is 159 Å². The number of β-amino-alcohol motifs (C(OH)–C–C–N with tert-alkyl or cyclic N) is 1. The van der Waals surface area contributed by atoms with Crippen LogP contribution >= 0.6 is 0 Å². The average molecular weight is 374 g/mol. The summed E-state index contributed by atoms with van der Waals surface area (Å²) in [4.78, 5) is 38.2. The van der Waals surface area contributed by atoms with Gasteiger partial charge in [-0.15, -0.1) is 0 Å². The summed E-state index contributed by atoms with van der Waals surface area (Å²) in [5.74, 6) is -1.20. The molecular formula is C20H26N2O5. The lowest BCUT2D eigenvalue weighted by Crippen LogP contribution is -2.31. The van der Waals surface area contributed by atoms with Gasteiger partial charge in [-0.1, -0.05) is 26.8 Å². The Morgan fingerprint density at radius 1 is 1.30 bits per heavy atom. The monoisotopic (exact) mass is 374 g/mol. The van der Waals surface area contributed by atoms with Gasteiger partial charge in [0.05, 0.1) is 25.8 Å². The molecule has 2 N–H and O–H groups in total. The third-order valence-electron chi connectivity index (χ3n) is 4.48. The Balaban J connectivity index is 2.52. The number of hydrogen-bond acceptors (Lipinski definition) is 6. The van der Waals surface area contributed by atoms with Crippen LogP contribution in [0.3, 0.4) is 0 Å². The number of Topliss-reactive ketones (excluding diaryl/α,β-unsaturated/α-hetero) is 1. The highest BCUT2D eigenvalue weighted by atomic mass is 16.5. The molecule has 0 saturated carbocycles. The highest BCUT2D eigenvalue weighted by molar-refractivity contribution is 6.10. The van der Waals surface area contributed by atoms with E-state index >= 15 is 0 Å². The van der Waals surface area contributed by atoms with Crippen LogP contribution < -0.4 is 5.32 Å². The summed E-state index contributed by atoms with van der Waals surface area (Å²) in [6, 6.07) is 5.42. The van der Waals surface area contributed by atoms with Gasteiger partial charge in [0.15, 0.2) is 5.78 Å². The van der Waals surface area contributed by atoms with E-state index in [1.54, 1.807) is 6.07 Å². The minimum atomic E-state index is -0.623. The standard InChI is InChI=1S/C20H26N2O5/c1-12(24)14-7-6-13(20(2,3)4)10-16(14)21-17-15(19(26)27-5)11-22(8-9-23)18(17)25/h6-7,10,21,23H,8-9,11H2,1-5H3. The Hall–Kier alpha value is -2.67. The van der Waals surface area contributed by atoms with Gasteiger partial charge in [0.25, 0.3) is 5.91 Å². The number of benzene rings is 1. The van der Waals surface area contributed by atoms with Crippen molar-refractivity contribution in [1.82, 2.24) is 4.90 Å².